The van der Waals surface area contributed by atoms with Crippen molar-refractivity contribution in [2.24, 2.45) is 5.92 Å². The molecule has 0 atom stereocenters. The van der Waals surface area contributed by atoms with Crippen molar-refractivity contribution in [1.29, 1.82) is 0 Å². The van der Waals surface area contributed by atoms with Crippen LogP contribution in [0.25, 0.3) is 0 Å². The lowest BCUT2D eigenvalue weighted by atomic mass is 10.1. The fourth-order valence-corrected chi connectivity index (χ4v) is 2.40. The first kappa shape index (κ1) is 16.0. The number of aromatic nitrogens is 4. The normalized spacial score (nSPS) is 11.1. The van der Waals surface area contributed by atoms with Gasteiger partial charge in [0.2, 0.25) is 0 Å². The fraction of sp³-hybridized carbons (Fsp3) is 0.375. The summed E-state index contributed by atoms with van der Waals surface area (Å²) in [7, 11) is 0. The number of nitrogens with zero attached hydrogens (tertiary/aromatic N) is 4. The van der Waals surface area contributed by atoms with Crippen molar-refractivity contribution in [2.45, 2.75) is 33.4 Å². The second-order valence-electron chi connectivity index (χ2n) is 6.00. The standard InChI is InChI=1S/C16H19N5O3/c1-11(2)3-12-4-15(20-19-12)16(22)21(5-13-7-23-9-17-13)6-14-8-24-10-18-14/h4,7-11H,3,5-6H2,1-2H3,(H,19,20). The van der Waals surface area contributed by atoms with Crippen LogP contribution in [0.5, 0.6) is 0 Å². The molecule has 0 aliphatic heterocycles. The van der Waals surface area contributed by atoms with Crippen molar-refractivity contribution in [3.8, 4) is 0 Å². The van der Waals surface area contributed by atoms with Crippen LogP contribution in [-0.4, -0.2) is 31.0 Å². The Bertz CT molecular complexity index is 725. The highest BCUT2D eigenvalue weighted by Gasteiger charge is 2.21. The minimum Gasteiger partial charge on any atom is -0.451 e. The summed E-state index contributed by atoms with van der Waals surface area (Å²) in [5, 5.41) is 7.07. The molecule has 1 N–H and O–H groups in total. The monoisotopic (exact) mass is 329 g/mol. The van der Waals surface area contributed by atoms with E-state index in [0.717, 1.165) is 12.1 Å². The maximum Gasteiger partial charge on any atom is 0.275 e. The maximum absolute atomic E-state index is 12.8. The van der Waals surface area contributed by atoms with Gasteiger partial charge in [-0.25, -0.2) is 9.97 Å². The van der Waals surface area contributed by atoms with Crippen molar-refractivity contribution in [3.05, 3.63) is 54.2 Å². The summed E-state index contributed by atoms with van der Waals surface area (Å²) in [5.74, 6) is 0.280. The SMILES string of the molecule is CC(C)Cc1cc(C(=O)N(Cc2cocn2)Cc2cocn2)n[nH]1. The van der Waals surface area contributed by atoms with Gasteiger partial charge in [-0.15, -0.1) is 0 Å². The molecule has 0 radical (unpaired) electrons. The van der Waals surface area contributed by atoms with Gasteiger partial charge in [0.05, 0.1) is 24.5 Å². The molecule has 0 saturated heterocycles. The molecule has 24 heavy (non-hydrogen) atoms. The van der Waals surface area contributed by atoms with Gasteiger partial charge in [-0.1, -0.05) is 13.8 Å². The van der Waals surface area contributed by atoms with E-state index in [2.05, 4.69) is 34.0 Å². The van der Waals surface area contributed by atoms with Crippen LogP contribution < -0.4 is 0 Å². The molecule has 0 bridgehead atoms. The first-order valence-corrected chi connectivity index (χ1v) is 7.69. The predicted octanol–water partition coefficient (Wildman–Crippen LogP) is 2.43. The van der Waals surface area contributed by atoms with E-state index in [-0.39, 0.29) is 5.91 Å². The van der Waals surface area contributed by atoms with Crippen molar-refractivity contribution in [1.82, 2.24) is 25.1 Å². The van der Waals surface area contributed by atoms with Crippen molar-refractivity contribution in [3.63, 3.8) is 0 Å². The number of carbonyl (C=O) groups excluding carboxylic acids is 1. The largest absolute Gasteiger partial charge is 0.451 e. The Labute approximate surface area is 138 Å². The minimum absolute atomic E-state index is 0.202. The zero-order chi connectivity index (χ0) is 16.9. The van der Waals surface area contributed by atoms with Gasteiger partial charge in [0.25, 0.3) is 5.91 Å². The third kappa shape index (κ3) is 3.89. The van der Waals surface area contributed by atoms with Gasteiger partial charge in [-0.3, -0.25) is 9.89 Å². The summed E-state index contributed by atoms with van der Waals surface area (Å²) in [6, 6.07) is 1.79. The lowest BCUT2D eigenvalue weighted by Crippen LogP contribution is -2.30. The molecule has 0 aliphatic carbocycles. The van der Waals surface area contributed by atoms with E-state index < -0.39 is 0 Å². The first-order chi connectivity index (χ1) is 11.6. The number of amides is 1. The van der Waals surface area contributed by atoms with Crippen LogP contribution in [-0.2, 0) is 19.5 Å². The van der Waals surface area contributed by atoms with Crippen molar-refractivity contribution < 1.29 is 13.6 Å². The van der Waals surface area contributed by atoms with E-state index in [9.17, 15) is 4.79 Å². The molecular weight excluding hydrogens is 310 g/mol. The molecule has 8 heteroatoms. The lowest BCUT2D eigenvalue weighted by molar-refractivity contribution is 0.0719. The quantitative estimate of drug-likeness (QED) is 0.714. The molecular formula is C16H19N5O3. The number of hydrogen-bond donors (Lipinski definition) is 1. The van der Waals surface area contributed by atoms with Gasteiger partial charge in [0.1, 0.15) is 18.2 Å². The van der Waals surface area contributed by atoms with E-state index in [4.69, 9.17) is 8.83 Å². The topological polar surface area (TPSA) is 101 Å². The van der Waals surface area contributed by atoms with Crippen LogP contribution in [0, 0.1) is 5.92 Å². The first-order valence-electron chi connectivity index (χ1n) is 7.69. The highest BCUT2D eigenvalue weighted by molar-refractivity contribution is 5.92. The summed E-state index contributed by atoms with van der Waals surface area (Å²) in [4.78, 5) is 22.6. The van der Waals surface area contributed by atoms with Gasteiger partial charge in [-0.2, -0.15) is 5.10 Å². The molecule has 0 unspecified atom stereocenters. The summed E-state index contributed by atoms with van der Waals surface area (Å²) in [6.07, 6.45) is 6.54. The Kier molecular flexibility index (Phi) is 4.74. The van der Waals surface area contributed by atoms with E-state index in [1.807, 2.05) is 0 Å². The third-order valence-corrected chi connectivity index (χ3v) is 3.44. The average molecular weight is 329 g/mol. The molecule has 3 aromatic rings. The van der Waals surface area contributed by atoms with Gasteiger partial charge in [0, 0.05) is 5.69 Å². The molecule has 3 heterocycles. The van der Waals surface area contributed by atoms with E-state index in [0.29, 0.717) is 36.1 Å². The van der Waals surface area contributed by atoms with Crippen molar-refractivity contribution in [2.75, 3.05) is 0 Å². The van der Waals surface area contributed by atoms with Crippen LogP contribution in [0.1, 0.15) is 41.4 Å². The number of H-pyrrole nitrogens is 1. The number of nitrogens with one attached hydrogen (secondary N) is 1. The van der Waals surface area contributed by atoms with Gasteiger partial charge in [0.15, 0.2) is 12.8 Å². The zero-order valence-corrected chi connectivity index (χ0v) is 13.6. The Hall–Kier alpha value is -2.90. The summed E-state index contributed by atoms with van der Waals surface area (Å²) >= 11 is 0. The van der Waals surface area contributed by atoms with Crippen LogP contribution in [0.2, 0.25) is 0 Å². The van der Waals surface area contributed by atoms with Crippen LogP contribution in [0.15, 0.2) is 40.2 Å². The zero-order valence-electron chi connectivity index (χ0n) is 13.6. The maximum atomic E-state index is 12.8. The molecule has 126 valence electrons. The Balaban J connectivity index is 1.78. The van der Waals surface area contributed by atoms with Gasteiger partial charge >= 0.3 is 0 Å². The van der Waals surface area contributed by atoms with Gasteiger partial charge < -0.3 is 13.7 Å². The molecule has 0 aromatic carbocycles. The lowest BCUT2D eigenvalue weighted by Gasteiger charge is -2.19. The number of rotatable bonds is 7. The Morgan fingerprint density at radius 2 is 1.79 bits per heavy atom. The van der Waals surface area contributed by atoms with Crippen LogP contribution in [0.3, 0.4) is 0 Å². The predicted molar refractivity (Wildman–Crippen MR) is 83.7 cm³/mol. The number of oxazole rings is 2. The second kappa shape index (κ2) is 7.12. The number of hydrogen-bond acceptors (Lipinski definition) is 6. The van der Waals surface area contributed by atoms with E-state index >= 15 is 0 Å². The Morgan fingerprint density at radius 1 is 1.17 bits per heavy atom. The molecule has 0 saturated carbocycles. The third-order valence-electron chi connectivity index (χ3n) is 3.44. The second-order valence-corrected chi connectivity index (χ2v) is 6.00. The molecule has 3 rings (SSSR count). The smallest absolute Gasteiger partial charge is 0.275 e. The minimum atomic E-state index is -0.202. The average Bonchev–Trinajstić information content (AvgIpc) is 3.27. The van der Waals surface area contributed by atoms with E-state index in [1.165, 1.54) is 25.3 Å². The van der Waals surface area contributed by atoms with Crippen LogP contribution in [0.4, 0.5) is 0 Å². The Morgan fingerprint density at radius 3 is 2.29 bits per heavy atom. The van der Waals surface area contributed by atoms with Crippen molar-refractivity contribution >= 4 is 5.91 Å². The molecule has 0 aliphatic rings. The van der Waals surface area contributed by atoms with Crippen LogP contribution >= 0.6 is 0 Å². The summed E-state index contributed by atoms with van der Waals surface area (Å²) < 4.78 is 9.96. The fourth-order valence-electron chi connectivity index (χ4n) is 2.40. The number of aromatic amines is 1. The summed E-state index contributed by atoms with van der Waals surface area (Å²) in [5.41, 5.74) is 2.63. The number of carbonyl (C=O) groups is 1. The van der Waals surface area contributed by atoms with E-state index in [1.54, 1.807) is 11.0 Å². The molecule has 1 amide bonds. The highest BCUT2D eigenvalue weighted by atomic mass is 16.3. The van der Waals surface area contributed by atoms with Gasteiger partial charge in [-0.05, 0) is 18.4 Å². The highest BCUT2D eigenvalue weighted by Crippen LogP contribution is 2.13. The molecule has 3 aromatic heterocycles. The molecule has 8 nitrogen and oxygen atoms in total. The molecule has 0 spiro atoms. The molecule has 0 fully saturated rings. The summed E-state index contributed by atoms with van der Waals surface area (Å²) in [6.45, 7) is 4.83.